The maximum Gasteiger partial charge on any atom is 0.311 e. The Kier molecular flexibility index (Phi) is 6.88. The van der Waals surface area contributed by atoms with Crippen molar-refractivity contribution in [2.45, 2.75) is 55.5 Å². The van der Waals surface area contributed by atoms with Crippen LogP contribution < -0.4 is 4.90 Å². The van der Waals surface area contributed by atoms with E-state index in [1.807, 2.05) is 0 Å². The first kappa shape index (κ1) is 22.8. The first-order valence-corrected chi connectivity index (χ1v) is 19.5. The van der Waals surface area contributed by atoms with Crippen LogP contribution in [0.5, 0.6) is 0 Å². The summed E-state index contributed by atoms with van der Waals surface area (Å²) in [6.07, 6.45) is 1.20. The number of hydrogen-bond acceptors (Lipinski definition) is 5. The standard InChI is InChI=1S/C21H32NO3PSSi2/c1-28(2,3)24-26(23,25-29(4,5)6)17-11-16-22-18-12-7-9-14-20(18)27-21-15-10-8-13-19(21)22/h7-10,12-15H,11,16-17H2,1-6H3. The second-order valence-electron chi connectivity index (χ2n) is 9.28. The van der Waals surface area contributed by atoms with Crippen molar-refractivity contribution in [2.75, 3.05) is 17.6 Å². The molecule has 3 rings (SSSR count). The Morgan fingerprint density at radius 3 is 1.72 bits per heavy atom. The number of nitrogens with zero attached hydrogens (tertiary/aromatic N) is 1. The first-order valence-electron chi connectivity index (χ1n) is 10.1. The molecule has 0 aromatic heterocycles. The van der Waals surface area contributed by atoms with Crippen LogP contribution in [0.2, 0.25) is 39.3 Å². The molecule has 158 valence electrons. The highest BCUT2D eigenvalue weighted by Crippen LogP contribution is 2.54. The van der Waals surface area contributed by atoms with Crippen molar-refractivity contribution in [3.63, 3.8) is 0 Å². The summed E-state index contributed by atoms with van der Waals surface area (Å²) in [6.45, 7) is 13.2. The highest BCUT2D eigenvalue weighted by atomic mass is 32.2. The molecule has 0 bridgehead atoms. The van der Waals surface area contributed by atoms with Gasteiger partial charge in [-0.1, -0.05) is 36.0 Å². The van der Waals surface area contributed by atoms with Gasteiger partial charge in [0.2, 0.25) is 0 Å². The number of rotatable bonds is 8. The van der Waals surface area contributed by atoms with E-state index in [4.69, 9.17) is 8.43 Å². The minimum Gasteiger partial charge on any atom is -0.352 e. The number of benzene rings is 2. The Morgan fingerprint density at radius 2 is 1.28 bits per heavy atom. The zero-order valence-electron chi connectivity index (χ0n) is 18.3. The van der Waals surface area contributed by atoms with Gasteiger partial charge < -0.3 is 13.3 Å². The fourth-order valence-corrected chi connectivity index (χ4v) is 12.9. The van der Waals surface area contributed by atoms with Gasteiger partial charge in [-0.05, 0) is 70.0 Å². The van der Waals surface area contributed by atoms with E-state index in [2.05, 4.69) is 92.7 Å². The lowest BCUT2D eigenvalue weighted by molar-refractivity contribution is 0.382. The van der Waals surface area contributed by atoms with E-state index in [0.717, 1.165) is 13.0 Å². The molecule has 0 radical (unpaired) electrons. The van der Waals surface area contributed by atoms with Crippen molar-refractivity contribution in [3.8, 4) is 0 Å². The van der Waals surface area contributed by atoms with E-state index in [9.17, 15) is 4.57 Å². The van der Waals surface area contributed by atoms with E-state index in [1.54, 1.807) is 11.8 Å². The van der Waals surface area contributed by atoms with Crippen molar-refractivity contribution in [1.29, 1.82) is 0 Å². The molecule has 0 atom stereocenters. The van der Waals surface area contributed by atoms with Crippen molar-refractivity contribution >= 4 is 47.4 Å². The molecule has 0 spiro atoms. The monoisotopic (exact) mass is 465 g/mol. The quantitative estimate of drug-likeness (QED) is 0.297. The lowest BCUT2D eigenvalue weighted by Gasteiger charge is -2.34. The van der Waals surface area contributed by atoms with Crippen LogP contribution in [0.4, 0.5) is 11.4 Å². The molecule has 1 aliphatic heterocycles. The van der Waals surface area contributed by atoms with Gasteiger partial charge >= 0.3 is 7.60 Å². The van der Waals surface area contributed by atoms with Gasteiger partial charge in [0, 0.05) is 16.3 Å². The molecule has 0 unspecified atom stereocenters. The molecule has 0 saturated carbocycles. The summed E-state index contributed by atoms with van der Waals surface area (Å²) >= 11 is 1.81. The smallest absolute Gasteiger partial charge is 0.311 e. The summed E-state index contributed by atoms with van der Waals surface area (Å²) in [5.74, 6) is 0. The summed E-state index contributed by atoms with van der Waals surface area (Å²) in [7, 11) is -7.07. The summed E-state index contributed by atoms with van der Waals surface area (Å²) < 4.78 is 25.8. The van der Waals surface area contributed by atoms with Crippen molar-refractivity contribution in [1.82, 2.24) is 0 Å². The molecule has 2 aromatic rings. The predicted octanol–water partition coefficient (Wildman–Crippen LogP) is 7.58. The molecule has 2 aromatic carbocycles. The van der Waals surface area contributed by atoms with Crippen LogP contribution in [0.25, 0.3) is 0 Å². The van der Waals surface area contributed by atoms with E-state index < -0.39 is 24.2 Å². The Hall–Kier alpha value is -0.826. The topological polar surface area (TPSA) is 38.8 Å². The minimum absolute atomic E-state index is 0.454. The third kappa shape index (κ3) is 6.33. The average Bonchev–Trinajstić information content (AvgIpc) is 2.57. The van der Waals surface area contributed by atoms with Gasteiger partial charge in [-0.25, -0.2) is 0 Å². The van der Waals surface area contributed by atoms with Gasteiger partial charge in [0.15, 0.2) is 16.6 Å². The summed E-state index contributed by atoms with van der Waals surface area (Å²) in [5, 5.41) is 0. The average molecular weight is 466 g/mol. The lowest BCUT2D eigenvalue weighted by atomic mass is 10.2. The summed E-state index contributed by atoms with van der Waals surface area (Å²) in [4.78, 5) is 4.85. The number of hydrogen-bond donors (Lipinski definition) is 0. The van der Waals surface area contributed by atoms with Gasteiger partial charge in [0.25, 0.3) is 0 Å². The van der Waals surface area contributed by atoms with Gasteiger partial charge in [-0.2, -0.15) is 0 Å². The third-order valence-electron chi connectivity index (χ3n) is 4.17. The van der Waals surface area contributed by atoms with Gasteiger partial charge in [0.1, 0.15) is 0 Å². The van der Waals surface area contributed by atoms with Gasteiger partial charge in [0.05, 0.1) is 17.5 Å². The second kappa shape index (κ2) is 8.73. The summed E-state index contributed by atoms with van der Waals surface area (Å²) in [6, 6.07) is 17.0. The molecule has 29 heavy (non-hydrogen) atoms. The molecule has 0 amide bonds. The normalized spacial score (nSPS) is 14.5. The van der Waals surface area contributed by atoms with Crippen LogP contribution in [-0.4, -0.2) is 29.3 Å². The zero-order valence-corrected chi connectivity index (χ0v) is 22.0. The van der Waals surface area contributed by atoms with Crippen molar-refractivity contribution in [2.24, 2.45) is 0 Å². The Bertz CT molecular complexity index is 846. The summed E-state index contributed by atoms with van der Waals surface area (Å²) in [5.41, 5.74) is 2.42. The third-order valence-corrected chi connectivity index (χ3v) is 12.8. The van der Waals surface area contributed by atoms with E-state index >= 15 is 0 Å². The Balaban J connectivity index is 1.79. The molecule has 0 fully saturated rings. The molecule has 0 aliphatic carbocycles. The largest absolute Gasteiger partial charge is 0.352 e. The van der Waals surface area contributed by atoms with Gasteiger partial charge in [-0.3, -0.25) is 4.57 Å². The fraction of sp³-hybridized carbons (Fsp3) is 0.429. The molecule has 0 N–H and O–H groups in total. The number of anilines is 2. The molecular weight excluding hydrogens is 433 g/mol. The van der Waals surface area contributed by atoms with Crippen LogP contribution in [-0.2, 0) is 13.0 Å². The predicted molar refractivity (Wildman–Crippen MR) is 130 cm³/mol. The van der Waals surface area contributed by atoms with Crippen LogP contribution in [0.1, 0.15) is 6.42 Å². The van der Waals surface area contributed by atoms with Crippen LogP contribution in [0, 0.1) is 0 Å². The van der Waals surface area contributed by atoms with Crippen LogP contribution >= 0.6 is 19.4 Å². The van der Waals surface area contributed by atoms with Crippen LogP contribution in [0.15, 0.2) is 58.3 Å². The second-order valence-corrected chi connectivity index (χ2v) is 21.9. The van der Waals surface area contributed by atoms with Gasteiger partial charge in [-0.15, -0.1) is 0 Å². The molecule has 8 heteroatoms. The minimum atomic E-state index is -3.11. The van der Waals surface area contributed by atoms with E-state index in [0.29, 0.717) is 6.16 Å². The number of para-hydroxylation sites is 2. The molecule has 0 saturated heterocycles. The maximum atomic E-state index is 13.6. The number of fused-ring (bicyclic) bond motifs is 2. The zero-order chi connectivity index (χ0) is 21.3. The molecule has 1 aliphatic rings. The van der Waals surface area contributed by atoms with Crippen molar-refractivity contribution in [3.05, 3.63) is 48.5 Å². The highest BCUT2D eigenvalue weighted by Gasteiger charge is 2.36. The van der Waals surface area contributed by atoms with E-state index in [-0.39, 0.29) is 0 Å². The van der Waals surface area contributed by atoms with Crippen molar-refractivity contribution < 1.29 is 13.0 Å². The molecule has 4 nitrogen and oxygen atoms in total. The highest BCUT2D eigenvalue weighted by molar-refractivity contribution is 7.99. The molecule has 1 heterocycles. The molecular formula is C21H32NO3PSSi2. The maximum absolute atomic E-state index is 13.6. The Labute approximate surface area is 181 Å². The SMILES string of the molecule is C[Si](C)(C)OP(=O)(CCCN1c2ccccc2Sc2ccccc21)O[Si](C)(C)C. The van der Waals surface area contributed by atoms with E-state index in [1.165, 1.54) is 21.2 Å². The Morgan fingerprint density at radius 1 is 0.828 bits per heavy atom. The van der Waals surface area contributed by atoms with Crippen LogP contribution in [0.3, 0.4) is 0 Å². The lowest BCUT2D eigenvalue weighted by Crippen LogP contribution is -2.31. The first-order chi connectivity index (χ1) is 13.5. The fourth-order valence-electron chi connectivity index (χ4n) is 3.39.